The summed E-state index contributed by atoms with van der Waals surface area (Å²) in [7, 11) is -2.32. The fraction of sp³-hybridized carbons (Fsp3) is 0.143. The molecular formula is C14H15FN2O3S. The van der Waals surface area contributed by atoms with E-state index >= 15 is 0 Å². The fourth-order valence-corrected chi connectivity index (χ4v) is 3.02. The van der Waals surface area contributed by atoms with Crippen molar-refractivity contribution >= 4 is 21.4 Å². The van der Waals surface area contributed by atoms with Gasteiger partial charge in [0.2, 0.25) is 10.0 Å². The van der Waals surface area contributed by atoms with Crippen LogP contribution in [0.2, 0.25) is 0 Å². The molecule has 0 bridgehead atoms. The number of methoxy groups -OCH3 is 1. The second kappa shape index (κ2) is 6.01. The van der Waals surface area contributed by atoms with Crippen molar-refractivity contribution in [3.8, 4) is 5.75 Å². The van der Waals surface area contributed by atoms with Crippen molar-refractivity contribution in [1.29, 1.82) is 0 Å². The summed E-state index contributed by atoms with van der Waals surface area (Å²) in [6, 6.07) is 10.4. The SMILES string of the molecule is COc1ccc(NS(=O)(=O)Cc2cccc(N)c2)cc1F. The van der Waals surface area contributed by atoms with Gasteiger partial charge in [-0.25, -0.2) is 12.8 Å². The van der Waals surface area contributed by atoms with Gasteiger partial charge >= 0.3 is 0 Å². The Bertz CT molecular complexity index is 748. The number of halogens is 1. The number of nitrogens with one attached hydrogen (secondary N) is 1. The van der Waals surface area contributed by atoms with E-state index in [0.29, 0.717) is 11.3 Å². The van der Waals surface area contributed by atoms with Crippen molar-refractivity contribution in [2.45, 2.75) is 5.75 Å². The Morgan fingerprint density at radius 1 is 1.24 bits per heavy atom. The van der Waals surface area contributed by atoms with Gasteiger partial charge in [0.15, 0.2) is 11.6 Å². The highest BCUT2D eigenvalue weighted by molar-refractivity contribution is 7.91. The number of ether oxygens (including phenoxy) is 1. The van der Waals surface area contributed by atoms with E-state index in [-0.39, 0.29) is 17.2 Å². The largest absolute Gasteiger partial charge is 0.494 e. The average Bonchev–Trinajstić information content (AvgIpc) is 2.37. The van der Waals surface area contributed by atoms with Crippen LogP contribution in [0.25, 0.3) is 0 Å². The van der Waals surface area contributed by atoms with Gasteiger partial charge < -0.3 is 10.5 Å². The molecule has 2 aromatic carbocycles. The highest BCUT2D eigenvalue weighted by atomic mass is 32.2. The van der Waals surface area contributed by atoms with Crippen LogP contribution in [-0.2, 0) is 15.8 Å². The molecule has 0 amide bonds. The average molecular weight is 310 g/mol. The summed E-state index contributed by atoms with van der Waals surface area (Å²) in [5.74, 6) is -0.832. The first-order valence-electron chi connectivity index (χ1n) is 6.08. The highest BCUT2D eigenvalue weighted by Gasteiger charge is 2.13. The zero-order chi connectivity index (χ0) is 15.5. The topological polar surface area (TPSA) is 81.4 Å². The summed E-state index contributed by atoms with van der Waals surface area (Å²) in [4.78, 5) is 0. The first-order chi connectivity index (χ1) is 9.89. The van der Waals surface area contributed by atoms with E-state index in [1.54, 1.807) is 24.3 Å². The quantitative estimate of drug-likeness (QED) is 0.831. The second-order valence-electron chi connectivity index (χ2n) is 4.46. The molecule has 0 saturated heterocycles. The predicted octanol–water partition coefficient (Wildman–Crippen LogP) is 2.36. The lowest BCUT2D eigenvalue weighted by molar-refractivity contribution is 0.386. The molecule has 0 aromatic heterocycles. The van der Waals surface area contributed by atoms with Gasteiger partial charge in [0, 0.05) is 11.8 Å². The maximum atomic E-state index is 13.5. The lowest BCUT2D eigenvalue weighted by atomic mass is 10.2. The van der Waals surface area contributed by atoms with Crippen molar-refractivity contribution in [3.63, 3.8) is 0 Å². The van der Waals surface area contributed by atoms with Crippen LogP contribution in [0.1, 0.15) is 5.56 Å². The summed E-state index contributed by atoms with van der Waals surface area (Å²) in [6.45, 7) is 0. The van der Waals surface area contributed by atoms with Gasteiger partial charge in [-0.1, -0.05) is 12.1 Å². The number of hydrogen-bond acceptors (Lipinski definition) is 4. The van der Waals surface area contributed by atoms with Crippen molar-refractivity contribution in [3.05, 3.63) is 53.8 Å². The van der Waals surface area contributed by atoms with Crippen molar-refractivity contribution in [2.75, 3.05) is 17.6 Å². The molecule has 0 radical (unpaired) electrons. The summed E-state index contributed by atoms with van der Waals surface area (Å²) in [6.07, 6.45) is 0. The van der Waals surface area contributed by atoms with Crippen LogP contribution >= 0.6 is 0 Å². The summed E-state index contributed by atoms with van der Waals surface area (Å²) in [5.41, 5.74) is 6.78. The Labute approximate surface area is 122 Å². The van der Waals surface area contributed by atoms with E-state index in [2.05, 4.69) is 4.72 Å². The molecule has 5 nitrogen and oxygen atoms in total. The Kier molecular flexibility index (Phi) is 4.32. The Morgan fingerprint density at radius 2 is 2.00 bits per heavy atom. The normalized spacial score (nSPS) is 11.1. The monoisotopic (exact) mass is 310 g/mol. The van der Waals surface area contributed by atoms with Gasteiger partial charge in [-0.2, -0.15) is 0 Å². The van der Waals surface area contributed by atoms with Crippen molar-refractivity contribution < 1.29 is 17.5 Å². The number of nitrogen functional groups attached to an aromatic ring is 1. The molecule has 0 aliphatic heterocycles. The summed E-state index contributed by atoms with van der Waals surface area (Å²) < 4.78 is 44.7. The minimum absolute atomic E-state index is 0.0498. The summed E-state index contributed by atoms with van der Waals surface area (Å²) >= 11 is 0. The van der Waals surface area contributed by atoms with Gasteiger partial charge in [-0.3, -0.25) is 4.72 Å². The smallest absolute Gasteiger partial charge is 0.236 e. The molecular weight excluding hydrogens is 295 g/mol. The molecule has 2 aromatic rings. The van der Waals surface area contributed by atoms with E-state index in [9.17, 15) is 12.8 Å². The second-order valence-corrected chi connectivity index (χ2v) is 6.18. The van der Waals surface area contributed by atoms with Crippen LogP contribution in [0, 0.1) is 5.82 Å². The minimum atomic E-state index is -3.65. The molecule has 3 N–H and O–H groups in total. The zero-order valence-corrected chi connectivity index (χ0v) is 12.2. The number of hydrogen-bond donors (Lipinski definition) is 2. The van der Waals surface area contributed by atoms with Crippen molar-refractivity contribution in [1.82, 2.24) is 0 Å². The lowest BCUT2D eigenvalue weighted by Gasteiger charge is -2.10. The molecule has 0 aliphatic rings. The van der Waals surface area contributed by atoms with Crippen LogP contribution in [0.3, 0.4) is 0 Å². The molecule has 0 unspecified atom stereocenters. The number of rotatable bonds is 5. The third-order valence-corrected chi connectivity index (χ3v) is 3.99. The van der Waals surface area contributed by atoms with E-state index in [1.165, 1.54) is 19.2 Å². The molecule has 21 heavy (non-hydrogen) atoms. The number of anilines is 2. The van der Waals surface area contributed by atoms with E-state index in [4.69, 9.17) is 10.5 Å². The number of benzene rings is 2. The summed E-state index contributed by atoms with van der Waals surface area (Å²) in [5, 5.41) is 0. The molecule has 0 aliphatic carbocycles. The molecule has 0 atom stereocenters. The van der Waals surface area contributed by atoms with Crippen LogP contribution in [0.15, 0.2) is 42.5 Å². The van der Waals surface area contributed by atoms with Gasteiger partial charge in [0.05, 0.1) is 18.6 Å². The Morgan fingerprint density at radius 3 is 2.62 bits per heavy atom. The van der Waals surface area contributed by atoms with E-state index in [0.717, 1.165) is 6.07 Å². The van der Waals surface area contributed by atoms with E-state index in [1.807, 2.05) is 0 Å². The van der Waals surface area contributed by atoms with Crippen LogP contribution in [-0.4, -0.2) is 15.5 Å². The van der Waals surface area contributed by atoms with E-state index < -0.39 is 15.8 Å². The maximum absolute atomic E-state index is 13.5. The first kappa shape index (κ1) is 15.1. The molecule has 0 heterocycles. The lowest BCUT2D eigenvalue weighted by Crippen LogP contribution is -2.15. The third kappa shape index (κ3) is 4.09. The molecule has 112 valence electrons. The first-order valence-corrected chi connectivity index (χ1v) is 7.73. The predicted molar refractivity (Wildman–Crippen MR) is 80.1 cm³/mol. The third-order valence-electron chi connectivity index (χ3n) is 2.73. The molecule has 0 saturated carbocycles. The van der Waals surface area contributed by atoms with Gasteiger partial charge in [0.1, 0.15) is 0 Å². The maximum Gasteiger partial charge on any atom is 0.236 e. The Hall–Kier alpha value is -2.28. The van der Waals surface area contributed by atoms with Gasteiger partial charge in [0.25, 0.3) is 0 Å². The molecule has 7 heteroatoms. The number of sulfonamides is 1. The van der Waals surface area contributed by atoms with Gasteiger partial charge in [-0.15, -0.1) is 0 Å². The highest BCUT2D eigenvalue weighted by Crippen LogP contribution is 2.22. The van der Waals surface area contributed by atoms with Crippen LogP contribution in [0.4, 0.5) is 15.8 Å². The van der Waals surface area contributed by atoms with Gasteiger partial charge in [-0.05, 0) is 29.8 Å². The number of nitrogens with two attached hydrogens (primary N) is 1. The van der Waals surface area contributed by atoms with Crippen LogP contribution in [0.5, 0.6) is 5.75 Å². The zero-order valence-electron chi connectivity index (χ0n) is 11.3. The Balaban J connectivity index is 2.16. The molecule has 2 rings (SSSR count). The molecule has 0 fully saturated rings. The molecule has 0 spiro atoms. The van der Waals surface area contributed by atoms with Crippen LogP contribution < -0.4 is 15.2 Å². The minimum Gasteiger partial charge on any atom is -0.494 e. The van der Waals surface area contributed by atoms with Crippen molar-refractivity contribution in [2.24, 2.45) is 0 Å². The standard InChI is InChI=1S/C14H15FN2O3S/c1-20-14-6-5-12(8-13(14)15)17-21(18,19)9-10-3-2-4-11(16)7-10/h2-8,17H,9,16H2,1H3. The fourth-order valence-electron chi connectivity index (χ4n) is 1.85.